The maximum absolute atomic E-state index is 12.8. The first-order valence-electron chi connectivity index (χ1n) is 8.79. The summed E-state index contributed by atoms with van der Waals surface area (Å²) in [5.41, 5.74) is 6.78. The van der Waals surface area contributed by atoms with Crippen molar-refractivity contribution in [1.29, 1.82) is 0 Å². The van der Waals surface area contributed by atoms with Crippen molar-refractivity contribution in [3.63, 3.8) is 0 Å². The minimum atomic E-state index is -0.439. The molecule has 2 unspecified atom stereocenters. The number of nitrogens with one attached hydrogen (secondary N) is 1. The van der Waals surface area contributed by atoms with E-state index >= 15 is 0 Å². The summed E-state index contributed by atoms with van der Waals surface area (Å²) < 4.78 is 0. The van der Waals surface area contributed by atoms with Crippen LogP contribution in [-0.4, -0.2) is 42.4 Å². The molecule has 140 valence electrons. The van der Waals surface area contributed by atoms with E-state index in [1.807, 2.05) is 42.2 Å². The maximum Gasteiger partial charge on any atom is 0.245 e. The van der Waals surface area contributed by atoms with E-state index in [0.29, 0.717) is 25.9 Å². The molecule has 0 aromatic heterocycles. The van der Waals surface area contributed by atoms with Gasteiger partial charge in [0, 0.05) is 13.1 Å². The predicted octanol–water partition coefficient (Wildman–Crippen LogP) is 2.13. The van der Waals surface area contributed by atoms with Crippen molar-refractivity contribution in [1.82, 2.24) is 10.2 Å². The molecule has 2 rings (SSSR count). The zero-order valence-electron chi connectivity index (χ0n) is 15.2. The number of carbonyl (C=O) groups is 2. The molecule has 1 aromatic rings. The lowest BCUT2D eigenvalue weighted by atomic mass is 9.90. The number of likely N-dealkylation sites (tertiary alicyclic amines) is 1. The first-order valence-corrected chi connectivity index (χ1v) is 8.79. The number of benzene rings is 1. The molecule has 0 saturated carbocycles. The summed E-state index contributed by atoms with van der Waals surface area (Å²) in [6.07, 6.45) is 2.74. The second-order valence-electron chi connectivity index (χ2n) is 7.10. The second kappa shape index (κ2) is 9.78. The van der Waals surface area contributed by atoms with Crippen LogP contribution >= 0.6 is 12.4 Å². The van der Waals surface area contributed by atoms with E-state index in [1.165, 1.54) is 0 Å². The second-order valence-corrected chi connectivity index (χ2v) is 7.10. The molecule has 0 bridgehead atoms. The van der Waals surface area contributed by atoms with Crippen LogP contribution in [0, 0.1) is 5.41 Å². The van der Waals surface area contributed by atoms with Crippen LogP contribution in [0.15, 0.2) is 30.3 Å². The number of nitrogens with two attached hydrogens (primary N) is 1. The molecule has 1 fully saturated rings. The Bertz CT molecular complexity index is 567. The van der Waals surface area contributed by atoms with Crippen LogP contribution in [0.2, 0.25) is 0 Å². The van der Waals surface area contributed by atoms with Crippen molar-refractivity contribution in [2.75, 3.05) is 19.6 Å². The summed E-state index contributed by atoms with van der Waals surface area (Å²) >= 11 is 0. The molecule has 2 atom stereocenters. The highest BCUT2D eigenvalue weighted by Crippen LogP contribution is 2.29. The van der Waals surface area contributed by atoms with Crippen molar-refractivity contribution in [3.8, 4) is 0 Å². The van der Waals surface area contributed by atoms with Gasteiger partial charge in [-0.25, -0.2) is 0 Å². The van der Waals surface area contributed by atoms with E-state index in [-0.39, 0.29) is 29.6 Å². The highest BCUT2D eigenvalue weighted by molar-refractivity contribution is 5.88. The van der Waals surface area contributed by atoms with Gasteiger partial charge in [-0.3, -0.25) is 9.59 Å². The van der Waals surface area contributed by atoms with Gasteiger partial charge in [0.2, 0.25) is 11.8 Å². The van der Waals surface area contributed by atoms with Gasteiger partial charge in [-0.05, 0) is 30.4 Å². The maximum atomic E-state index is 12.8. The lowest BCUT2D eigenvalue weighted by Crippen LogP contribution is -2.49. The Hall–Kier alpha value is -1.59. The van der Waals surface area contributed by atoms with Crippen LogP contribution in [0.1, 0.15) is 38.7 Å². The molecule has 1 aliphatic heterocycles. The van der Waals surface area contributed by atoms with Crippen molar-refractivity contribution < 1.29 is 9.59 Å². The average Bonchev–Trinajstić information content (AvgIpc) is 2.98. The van der Waals surface area contributed by atoms with Gasteiger partial charge in [-0.15, -0.1) is 12.4 Å². The lowest BCUT2D eigenvalue weighted by molar-refractivity contribution is -0.136. The summed E-state index contributed by atoms with van der Waals surface area (Å²) in [5.74, 6) is -0.0794. The topological polar surface area (TPSA) is 75.4 Å². The quantitative estimate of drug-likeness (QED) is 0.775. The van der Waals surface area contributed by atoms with Gasteiger partial charge in [0.1, 0.15) is 6.04 Å². The molecule has 0 radical (unpaired) electrons. The van der Waals surface area contributed by atoms with Gasteiger partial charge in [0.15, 0.2) is 0 Å². The van der Waals surface area contributed by atoms with Gasteiger partial charge in [-0.1, -0.05) is 50.6 Å². The van der Waals surface area contributed by atoms with E-state index in [9.17, 15) is 9.59 Å². The molecule has 0 spiro atoms. The molecule has 3 N–H and O–H groups in total. The SMILES string of the molecule is CCCC(NC(=O)Cc1ccccc1)C(=O)N1CCC(C)(CN)C1.Cl. The largest absolute Gasteiger partial charge is 0.344 e. The molecule has 1 aromatic carbocycles. The number of amides is 2. The number of halogens is 1. The third-order valence-electron chi connectivity index (χ3n) is 4.78. The standard InChI is InChI=1S/C19H29N3O2.ClH/c1-3-7-16(18(24)22-11-10-19(2,13-20)14-22)21-17(23)12-15-8-5-4-6-9-15;/h4-6,8-9,16H,3,7,10-14,20H2,1-2H3,(H,21,23);1H. The summed E-state index contributed by atoms with van der Waals surface area (Å²) in [6, 6.07) is 9.15. The van der Waals surface area contributed by atoms with Gasteiger partial charge in [0.25, 0.3) is 0 Å². The van der Waals surface area contributed by atoms with E-state index in [1.54, 1.807) is 0 Å². The molecule has 1 saturated heterocycles. The molecule has 2 amide bonds. The molecular weight excluding hydrogens is 338 g/mol. The minimum absolute atomic E-state index is 0. The number of rotatable bonds is 7. The molecule has 0 aliphatic carbocycles. The van der Waals surface area contributed by atoms with Crippen LogP contribution in [0.25, 0.3) is 0 Å². The van der Waals surface area contributed by atoms with Gasteiger partial charge in [0.05, 0.1) is 6.42 Å². The van der Waals surface area contributed by atoms with Gasteiger partial charge in [-0.2, -0.15) is 0 Å². The molecule has 6 heteroatoms. The first-order chi connectivity index (χ1) is 11.5. The summed E-state index contributed by atoms with van der Waals surface area (Å²) in [7, 11) is 0. The van der Waals surface area contributed by atoms with E-state index < -0.39 is 6.04 Å². The first kappa shape index (κ1) is 21.5. The monoisotopic (exact) mass is 367 g/mol. The number of carbonyl (C=O) groups excluding carboxylic acids is 2. The highest BCUT2D eigenvalue weighted by Gasteiger charge is 2.37. The van der Waals surface area contributed by atoms with E-state index in [0.717, 1.165) is 24.9 Å². The van der Waals surface area contributed by atoms with Crippen LogP contribution in [0.5, 0.6) is 0 Å². The number of hydrogen-bond acceptors (Lipinski definition) is 3. The normalized spacial score (nSPS) is 20.7. The Labute approximate surface area is 156 Å². The third kappa shape index (κ3) is 6.01. The Morgan fingerprint density at radius 2 is 2.00 bits per heavy atom. The fourth-order valence-electron chi connectivity index (χ4n) is 3.17. The average molecular weight is 368 g/mol. The van der Waals surface area contributed by atoms with Crippen LogP contribution in [0.4, 0.5) is 0 Å². The highest BCUT2D eigenvalue weighted by atomic mass is 35.5. The molecule has 1 heterocycles. The third-order valence-corrected chi connectivity index (χ3v) is 4.78. The Morgan fingerprint density at radius 3 is 2.56 bits per heavy atom. The Morgan fingerprint density at radius 1 is 1.32 bits per heavy atom. The van der Waals surface area contributed by atoms with Crippen molar-refractivity contribution >= 4 is 24.2 Å². The van der Waals surface area contributed by atoms with Crippen LogP contribution in [0.3, 0.4) is 0 Å². The Balaban J connectivity index is 0.00000312. The van der Waals surface area contributed by atoms with Crippen molar-refractivity contribution in [2.45, 2.75) is 45.6 Å². The summed E-state index contributed by atoms with van der Waals surface area (Å²) in [5, 5.41) is 2.93. The smallest absolute Gasteiger partial charge is 0.245 e. The van der Waals surface area contributed by atoms with Gasteiger partial charge < -0.3 is 16.0 Å². The number of hydrogen-bond donors (Lipinski definition) is 2. The van der Waals surface area contributed by atoms with Crippen molar-refractivity contribution in [3.05, 3.63) is 35.9 Å². The Kier molecular flexibility index (Phi) is 8.39. The zero-order chi connectivity index (χ0) is 17.6. The molecule has 5 nitrogen and oxygen atoms in total. The fraction of sp³-hybridized carbons (Fsp3) is 0.579. The zero-order valence-corrected chi connectivity index (χ0v) is 16.0. The van der Waals surface area contributed by atoms with Gasteiger partial charge >= 0.3 is 0 Å². The van der Waals surface area contributed by atoms with E-state index in [4.69, 9.17) is 5.73 Å². The minimum Gasteiger partial charge on any atom is -0.344 e. The molecular formula is C19H30ClN3O2. The molecule has 25 heavy (non-hydrogen) atoms. The van der Waals surface area contributed by atoms with Crippen molar-refractivity contribution in [2.24, 2.45) is 11.1 Å². The van der Waals surface area contributed by atoms with Crippen LogP contribution < -0.4 is 11.1 Å². The summed E-state index contributed by atoms with van der Waals surface area (Å²) in [6.45, 7) is 6.12. The fourth-order valence-corrected chi connectivity index (χ4v) is 3.17. The van der Waals surface area contributed by atoms with Crippen LogP contribution in [-0.2, 0) is 16.0 Å². The lowest BCUT2D eigenvalue weighted by Gasteiger charge is -2.26. The number of nitrogens with zero attached hydrogens (tertiary/aromatic N) is 1. The predicted molar refractivity (Wildman–Crippen MR) is 103 cm³/mol. The summed E-state index contributed by atoms with van der Waals surface area (Å²) in [4.78, 5) is 27.0. The van der Waals surface area contributed by atoms with E-state index in [2.05, 4.69) is 12.2 Å². The molecule has 1 aliphatic rings.